The molecule has 2 aromatic rings. The molecule has 0 saturated carbocycles. The van der Waals surface area contributed by atoms with Crippen molar-refractivity contribution < 1.29 is 27.0 Å². The summed E-state index contributed by atoms with van der Waals surface area (Å²) >= 11 is 0.997. The lowest BCUT2D eigenvalue weighted by atomic mass is 10.2. The van der Waals surface area contributed by atoms with Gasteiger partial charge in [-0.1, -0.05) is 30.8 Å². The Hall–Kier alpha value is -2.06. The minimum Gasteiger partial charge on any atom is -0.475 e. The third-order valence-electron chi connectivity index (χ3n) is 5.06. The first-order valence-corrected chi connectivity index (χ1v) is 13.3. The van der Waals surface area contributed by atoms with Crippen molar-refractivity contribution in [3.8, 4) is 5.88 Å². The Balaban J connectivity index is 1.82. The summed E-state index contributed by atoms with van der Waals surface area (Å²) in [6, 6.07) is 5.15. The number of halogens is 2. The van der Waals surface area contributed by atoms with Gasteiger partial charge in [-0.05, 0) is 26.3 Å². The van der Waals surface area contributed by atoms with Crippen molar-refractivity contribution >= 4 is 27.8 Å². The number of anilines is 1. The van der Waals surface area contributed by atoms with Gasteiger partial charge in [0.1, 0.15) is 12.4 Å². The maximum atomic E-state index is 14.0. The molecule has 9 nitrogen and oxygen atoms in total. The molecule has 3 rings (SSSR count). The Morgan fingerprint density at radius 2 is 2.00 bits per heavy atom. The highest BCUT2D eigenvalue weighted by molar-refractivity contribution is 7.98. The summed E-state index contributed by atoms with van der Waals surface area (Å²) in [5.41, 5.74) is 0.118. The van der Waals surface area contributed by atoms with Crippen molar-refractivity contribution in [3.63, 3.8) is 0 Å². The van der Waals surface area contributed by atoms with Crippen molar-refractivity contribution in [2.75, 3.05) is 24.4 Å². The molecule has 13 heteroatoms. The van der Waals surface area contributed by atoms with E-state index in [1.165, 1.54) is 22.5 Å². The summed E-state index contributed by atoms with van der Waals surface area (Å²) in [4.78, 5) is 8.44. The van der Waals surface area contributed by atoms with E-state index in [2.05, 4.69) is 20.0 Å². The number of aliphatic hydroxyl groups excluding tert-OH is 1. The summed E-state index contributed by atoms with van der Waals surface area (Å²) in [6.07, 6.45) is -0.263. The highest BCUT2D eigenvalue weighted by Gasteiger charge is 2.30. The van der Waals surface area contributed by atoms with Crippen molar-refractivity contribution in [3.05, 3.63) is 41.5 Å². The van der Waals surface area contributed by atoms with Gasteiger partial charge in [-0.2, -0.15) is 17.7 Å². The van der Waals surface area contributed by atoms with Gasteiger partial charge >= 0.3 is 10.2 Å². The van der Waals surface area contributed by atoms with Gasteiger partial charge in [-0.15, -0.1) is 0 Å². The first-order chi connectivity index (χ1) is 16.1. The molecule has 0 bridgehead atoms. The molecular weight excluding hydrogens is 488 g/mol. The summed E-state index contributed by atoms with van der Waals surface area (Å²) in [5, 5.41) is 13.2. The Kier molecular flexibility index (Phi) is 9.04. The van der Waals surface area contributed by atoms with Gasteiger partial charge < -0.3 is 15.2 Å². The largest absolute Gasteiger partial charge is 0.475 e. The molecule has 3 N–H and O–H groups in total. The fourth-order valence-electron chi connectivity index (χ4n) is 3.37. The zero-order valence-electron chi connectivity index (χ0n) is 19.2. The summed E-state index contributed by atoms with van der Waals surface area (Å²) < 4.78 is 62.8. The summed E-state index contributed by atoms with van der Waals surface area (Å²) in [5.74, 6) is -1.89. The molecule has 1 aromatic heterocycles. The second-order valence-corrected chi connectivity index (χ2v) is 10.8. The van der Waals surface area contributed by atoms with Crippen LogP contribution in [0.5, 0.6) is 5.88 Å². The van der Waals surface area contributed by atoms with E-state index in [1.54, 1.807) is 6.92 Å². The fraction of sp³-hybridized carbons (Fsp3) is 0.524. The number of rotatable bonds is 10. The Morgan fingerprint density at radius 3 is 2.68 bits per heavy atom. The molecule has 0 amide bonds. The second kappa shape index (κ2) is 11.6. The number of aromatic nitrogens is 2. The zero-order valence-corrected chi connectivity index (χ0v) is 20.8. The standard InChI is InChI=1S/C21H29F2N5O4S2/c1-4-16(29)11-32-19-8-18(27-34(30,31)28-9-13(2)24-14(3)10-28)25-21(26-19)33-12-15-6-5-7-17(22)20(15)23/h5-8,13-14,16,24,29H,4,9-12H2,1-3H3,(H,25,26,27)/t13-,14+,16-/m0/s1. The van der Waals surface area contributed by atoms with Crippen molar-refractivity contribution in [1.29, 1.82) is 0 Å². The van der Waals surface area contributed by atoms with Crippen LogP contribution in [-0.2, 0) is 16.0 Å². The maximum Gasteiger partial charge on any atom is 0.302 e. The molecule has 1 aliphatic rings. The number of aliphatic hydroxyl groups is 1. The molecule has 0 radical (unpaired) electrons. The third-order valence-corrected chi connectivity index (χ3v) is 7.40. The summed E-state index contributed by atoms with van der Waals surface area (Å²) in [6.45, 7) is 6.11. The lowest BCUT2D eigenvalue weighted by Crippen LogP contribution is -2.56. The van der Waals surface area contributed by atoms with E-state index in [0.29, 0.717) is 6.42 Å². The van der Waals surface area contributed by atoms with Gasteiger partial charge in [0.25, 0.3) is 0 Å². The predicted molar refractivity (Wildman–Crippen MR) is 126 cm³/mol. The molecule has 0 spiro atoms. The van der Waals surface area contributed by atoms with Gasteiger partial charge in [0.15, 0.2) is 16.8 Å². The third kappa shape index (κ3) is 7.22. The van der Waals surface area contributed by atoms with E-state index in [0.717, 1.165) is 17.8 Å². The Morgan fingerprint density at radius 1 is 1.29 bits per heavy atom. The van der Waals surface area contributed by atoms with Gasteiger partial charge in [0.05, 0.1) is 6.10 Å². The molecule has 34 heavy (non-hydrogen) atoms. The molecule has 2 heterocycles. The minimum absolute atomic E-state index is 0.0175. The van der Waals surface area contributed by atoms with Crippen molar-refractivity contribution in [2.45, 2.75) is 56.3 Å². The van der Waals surface area contributed by atoms with Crippen LogP contribution in [0.15, 0.2) is 29.4 Å². The Bertz CT molecular complexity index is 1080. The quantitative estimate of drug-likeness (QED) is 0.325. The fourth-order valence-corrected chi connectivity index (χ4v) is 5.53. The average Bonchev–Trinajstić information content (AvgIpc) is 2.77. The van der Waals surface area contributed by atoms with Crippen LogP contribution < -0.4 is 14.8 Å². The summed E-state index contributed by atoms with van der Waals surface area (Å²) in [7, 11) is -3.92. The molecular formula is C21H29F2N5O4S2. The van der Waals surface area contributed by atoms with Gasteiger partial charge in [-0.3, -0.25) is 4.72 Å². The van der Waals surface area contributed by atoms with Crippen LogP contribution in [0.3, 0.4) is 0 Å². The van der Waals surface area contributed by atoms with E-state index in [4.69, 9.17) is 4.74 Å². The number of benzene rings is 1. The van der Waals surface area contributed by atoms with Crippen LogP contribution in [0.25, 0.3) is 0 Å². The zero-order chi connectivity index (χ0) is 24.9. The number of ether oxygens (including phenoxy) is 1. The Labute approximate surface area is 202 Å². The molecule has 0 aliphatic carbocycles. The first-order valence-electron chi connectivity index (χ1n) is 10.9. The van der Waals surface area contributed by atoms with E-state index in [9.17, 15) is 22.3 Å². The number of piperazine rings is 1. The molecule has 0 unspecified atom stereocenters. The number of hydrogen-bond acceptors (Lipinski definition) is 8. The van der Waals surface area contributed by atoms with Crippen molar-refractivity contribution in [1.82, 2.24) is 19.6 Å². The minimum atomic E-state index is -3.92. The van der Waals surface area contributed by atoms with E-state index >= 15 is 0 Å². The van der Waals surface area contributed by atoms with Crippen LogP contribution in [0.4, 0.5) is 14.6 Å². The molecule has 3 atom stereocenters. The monoisotopic (exact) mass is 517 g/mol. The first kappa shape index (κ1) is 26.5. The number of nitrogens with zero attached hydrogens (tertiary/aromatic N) is 3. The van der Waals surface area contributed by atoms with Gasteiger partial charge in [0, 0.05) is 42.6 Å². The van der Waals surface area contributed by atoms with E-state index in [1.807, 2.05) is 13.8 Å². The van der Waals surface area contributed by atoms with Crippen LogP contribution >= 0.6 is 11.8 Å². The number of thioether (sulfide) groups is 1. The highest BCUT2D eigenvalue weighted by Crippen LogP contribution is 2.26. The average molecular weight is 518 g/mol. The number of nitrogens with one attached hydrogen (secondary N) is 2. The molecule has 1 aromatic carbocycles. The van der Waals surface area contributed by atoms with Crippen molar-refractivity contribution in [2.24, 2.45) is 0 Å². The molecule has 1 fully saturated rings. The van der Waals surface area contributed by atoms with E-state index < -0.39 is 27.9 Å². The normalized spacial score (nSPS) is 20.2. The topological polar surface area (TPSA) is 117 Å². The lowest BCUT2D eigenvalue weighted by molar-refractivity contribution is 0.101. The van der Waals surface area contributed by atoms with E-state index in [-0.39, 0.29) is 60.0 Å². The number of hydrogen-bond donors (Lipinski definition) is 3. The van der Waals surface area contributed by atoms with Gasteiger partial charge in [-0.25, -0.2) is 13.8 Å². The molecule has 188 valence electrons. The van der Waals surface area contributed by atoms with Crippen LogP contribution in [0.1, 0.15) is 32.8 Å². The molecule has 1 aliphatic heterocycles. The molecule has 1 saturated heterocycles. The maximum absolute atomic E-state index is 14.0. The van der Waals surface area contributed by atoms with Crippen LogP contribution in [-0.4, -0.2) is 65.7 Å². The van der Waals surface area contributed by atoms with Gasteiger partial charge in [0.2, 0.25) is 5.88 Å². The predicted octanol–water partition coefficient (Wildman–Crippen LogP) is 2.54. The second-order valence-electron chi connectivity index (χ2n) is 8.14. The smallest absolute Gasteiger partial charge is 0.302 e. The van der Waals surface area contributed by atoms with Crippen LogP contribution in [0.2, 0.25) is 0 Å². The highest BCUT2D eigenvalue weighted by atomic mass is 32.2. The van der Waals surface area contributed by atoms with Crippen LogP contribution in [0, 0.1) is 11.6 Å². The SMILES string of the molecule is CC[C@H](O)COc1cc(NS(=O)(=O)N2C[C@@H](C)N[C@@H](C)C2)nc(SCc2cccc(F)c2F)n1. The lowest BCUT2D eigenvalue weighted by Gasteiger charge is -2.35.